The lowest BCUT2D eigenvalue weighted by molar-refractivity contribution is -0.118. The van der Waals surface area contributed by atoms with Gasteiger partial charge in [-0.15, -0.1) is 0 Å². The summed E-state index contributed by atoms with van der Waals surface area (Å²) in [5.74, 6) is 0.136. The molecule has 1 nitrogen and oxygen atoms in total. The van der Waals surface area contributed by atoms with Crippen molar-refractivity contribution < 1.29 is 4.79 Å². The van der Waals surface area contributed by atoms with E-state index in [1.54, 1.807) is 6.92 Å². The predicted molar refractivity (Wildman–Crippen MR) is 89.5 cm³/mol. The summed E-state index contributed by atoms with van der Waals surface area (Å²) in [6.45, 7) is 7.69. The molecule has 0 saturated carbocycles. The van der Waals surface area contributed by atoms with Crippen LogP contribution in [-0.4, -0.2) is 5.78 Å². The van der Waals surface area contributed by atoms with Gasteiger partial charge in [-0.2, -0.15) is 0 Å². The quantitative estimate of drug-likeness (QED) is 0.741. The second kappa shape index (κ2) is 7.03. The monoisotopic (exact) mass is 278 g/mol. The minimum Gasteiger partial charge on any atom is -0.299 e. The van der Waals surface area contributed by atoms with Gasteiger partial charge in [0.2, 0.25) is 0 Å². The van der Waals surface area contributed by atoms with Crippen LogP contribution in [0.5, 0.6) is 0 Å². The van der Waals surface area contributed by atoms with E-state index in [1.165, 1.54) is 11.1 Å². The molecule has 2 aromatic carbocycles. The average molecular weight is 278 g/mol. The minimum atomic E-state index is -0.0813. The van der Waals surface area contributed by atoms with E-state index in [0.29, 0.717) is 0 Å². The SMILES string of the molecule is C=Cc1ccccc1CC(C(C)=O)c1ccccc1CC. The largest absolute Gasteiger partial charge is 0.299 e. The van der Waals surface area contributed by atoms with Gasteiger partial charge in [0.1, 0.15) is 5.78 Å². The highest BCUT2D eigenvalue weighted by atomic mass is 16.1. The molecule has 0 spiro atoms. The molecule has 0 aliphatic heterocycles. The molecular formula is C20H22O. The van der Waals surface area contributed by atoms with E-state index in [2.05, 4.69) is 31.7 Å². The number of hydrogen-bond acceptors (Lipinski definition) is 1. The fourth-order valence-corrected chi connectivity index (χ4v) is 2.81. The Hall–Kier alpha value is -2.15. The zero-order chi connectivity index (χ0) is 15.2. The number of ketones is 1. The molecule has 0 N–H and O–H groups in total. The molecule has 1 unspecified atom stereocenters. The van der Waals surface area contributed by atoms with Gasteiger partial charge >= 0.3 is 0 Å². The first-order valence-corrected chi connectivity index (χ1v) is 7.46. The standard InChI is InChI=1S/C20H22O/c1-4-16-10-6-7-12-18(16)14-20(15(3)21)19-13-9-8-11-17(19)5-2/h4,6-13,20H,1,5,14H2,2-3H3. The maximum atomic E-state index is 12.2. The summed E-state index contributed by atoms with van der Waals surface area (Å²) in [6, 6.07) is 16.4. The van der Waals surface area contributed by atoms with Crippen molar-refractivity contribution in [2.24, 2.45) is 0 Å². The van der Waals surface area contributed by atoms with Gasteiger partial charge < -0.3 is 0 Å². The Labute approximate surface area is 127 Å². The lowest BCUT2D eigenvalue weighted by Crippen LogP contribution is -2.14. The third-order valence-corrected chi connectivity index (χ3v) is 4.00. The highest BCUT2D eigenvalue weighted by Crippen LogP contribution is 2.27. The summed E-state index contributed by atoms with van der Waals surface area (Å²) >= 11 is 0. The number of carbonyl (C=O) groups is 1. The Morgan fingerprint density at radius 2 is 1.71 bits per heavy atom. The highest BCUT2D eigenvalue weighted by molar-refractivity contribution is 5.84. The fourth-order valence-electron chi connectivity index (χ4n) is 2.81. The Morgan fingerprint density at radius 1 is 1.10 bits per heavy atom. The van der Waals surface area contributed by atoms with Gasteiger partial charge in [-0.3, -0.25) is 4.79 Å². The van der Waals surface area contributed by atoms with E-state index in [9.17, 15) is 4.79 Å². The zero-order valence-electron chi connectivity index (χ0n) is 12.8. The Kier molecular flexibility index (Phi) is 5.10. The summed E-state index contributed by atoms with van der Waals surface area (Å²) in [6.07, 6.45) is 3.54. The molecule has 108 valence electrons. The molecule has 0 heterocycles. The van der Waals surface area contributed by atoms with Crippen LogP contribution in [0.3, 0.4) is 0 Å². The van der Waals surface area contributed by atoms with Crippen molar-refractivity contribution in [3.63, 3.8) is 0 Å². The molecule has 0 saturated heterocycles. The van der Waals surface area contributed by atoms with Crippen LogP contribution in [0, 0.1) is 0 Å². The molecule has 1 atom stereocenters. The fraction of sp³-hybridized carbons (Fsp3) is 0.250. The van der Waals surface area contributed by atoms with E-state index >= 15 is 0 Å². The van der Waals surface area contributed by atoms with Gasteiger partial charge in [0.15, 0.2) is 0 Å². The van der Waals surface area contributed by atoms with Gasteiger partial charge in [-0.05, 0) is 42.0 Å². The lowest BCUT2D eigenvalue weighted by atomic mass is 9.84. The molecule has 0 aliphatic carbocycles. The minimum absolute atomic E-state index is 0.0813. The number of carbonyl (C=O) groups excluding carboxylic acids is 1. The van der Waals surface area contributed by atoms with Gasteiger partial charge in [0.25, 0.3) is 0 Å². The summed E-state index contributed by atoms with van der Waals surface area (Å²) in [5, 5.41) is 0. The average Bonchev–Trinajstić information content (AvgIpc) is 2.52. The first kappa shape index (κ1) is 15.2. The van der Waals surface area contributed by atoms with Crippen LogP contribution >= 0.6 is 0 Å². The van der Waals surface area contributed by atoms with E-state index in [0.717, 1.165) is 24.0 Å². The summed E-state index contributed by atoms with van der Waals surface area (Å²) in [5.41, 5.74) is 4.71. The molecule has 2 rings (SSSR count). The van der Waals surface area contributed by atoms with E-state index < -0.39 is 0 Å². The smallest absolute Gasteiger partial charge is 0.137 e. The Morgan fingerprint density at radius 3 is 2.33 bits per heavy atom. The third-order valence-electron chi connectivity index (χ3n) is 4.00. The predicted octanol–water partition coefficient (Wildman–Crippen LogP) is 4.81. The van der Waals surface area contributed by atoms with E-state index in [-0.39, 0.29) is 11.7 Å². The van der Waals surface area contributed by atoms with Gasteiger partial charge in [-0.1, -0.05) is 68.1 Å². The molecule has 0 radical (unpaired) electrons. The second-order valence-electron chi connectivity index (χ2n) is 5.32. The molecule has 1 heteroatoms. The van der Waals surface area contributed by atoms with Crippen LogP contribution in [0.25, 0.3) is 6.08 Å². The van der Waals surface area contributed by atoms with Crippen molar-refractivity contribution in [3.05, 3.63) is 77.4 Å². The van der Waals surface area contributed by atoms with Crippen LogP contribution in [0.2, 0.25) is 0 Å². The number of hydrogen-bond donors (Lipinski definition) is 0. The van der Waals surface area contributed by atoms with Crippen LogP contribution < -0.4 is 0 Å². The van der Waals surface area contributed by atoms with Gasteiger partial charge in [-0.25, -0.2) is 0 Å². The van der Waals surface area contributed by atoms with Crippen LogP contribution in [0.1, 0.15) is 42.0 Å². The highest BCUT2D eigenvalue weighted by Gasteiger charge is 2.20. The van der Waals surface area contributed by atoms with Crippen molar-refractivity contribution in [1.29, 1.82) is 0 Å². The number of Topliss-reactive ketones (excluding diaryl/α,β-unsaturated/α-hetero) is 1. The van der Waals surface area contributed by atoms with Crippen molar-refractivity contribution in [2.75, 3.05) is 0 Å². The molecule has 0 aliphatic rings. The van der Waals surface area contributed by atoms with Crippen molar-refractivity contribution in [2.45, 2.75) is 32.6 Å². The summed E-state index contributed by atoms with van der Waals surface area (Å²) in [4.78, 5) is 12.2. The van der Waals surface area contributed by atoms with Crippen molar-refractivity contribution in [3.8, 4) is 0 Å². The number of benzene rings is 2. The topological polar surface area (TPSA) is 17.1 Å². The Bertz CT molecular complexity index is 640. The maximum Gasteiger partial charge on any atom is 0.137 e. The molecule has 0 amide bonds. The zero-order valence-corrected chi connectivity index (χ0v) is 12.8. The van der Waals surface area contributed by atoms with E-state index in [4.69, 9.17) is 0 Å². The molecule has 21 heavy (non-hydrogen) atoms. The molecule has 0 bridgehead atoms. The van der Waals surface area contributed by atoms with Crippen LogP contribution in [0.4, 0.5) is 0 Å². The molecular weight excluding hydrogens is 256 g/mol. The van der Waals surface area contributed by atoms with E-state index in [1.807, 2.05) is 36.4 Å². The van der Waals surface area contributed by atoms with Gasteiger partial charge in [0, 0.05) is 5.92 Å². The number of rotatable bonds is 6. The number of aryl methyl sites for hydroxylation is 1. The first-order valence-electron chi connectivity index (χ1n) is 7.46. The first-order chi connectivity index (χ1) is 10.2. The lowest BCUT2D eigenvalue weighted by Gasteiger charge is -2.19. The molecule has 0 aromatic heterocycles. The maximum absolute atomic E-state index is 12.2. The summed E-state index contributed by atoms with van der Waals surface area (Å²) in [7, 11) is 0. The van der Waals surface area contributed by atoms with Crippen molar-refractivity contribution in [1.82, 2.24) is 0 Å². The third kappa shape index (κ3) is 3.49. The Balaban J connectivity index is 2.40. The summed E-state index contributed by atoms with van der Waals surface area (Å²) < 4.78 is 0. The van der Waals surface area contributed by atoms with Crippen LogP contribution in [-0.2, 0) is 17.6 Å². The second-order valence-corrected chi connectivity index (χ2v) is 5.32. The van der Waals surface area contributed by atoms with Gasteiger partial charge in [0.05, 0.1) is 0 Å². The molecule has 0 fully saturated rings. The molecule has 2 aromatic rings. The van der Waals surface area contributed by atoms with Crippen LogP contribution in [0.15, 0.2) is 55.1 Å². The normalized spacial score (nSPS) is 11.9. The van der Waals surface area contributed by atoms with Crippen molar-refractivity contribution >= 4 is 11.9 Å².